The second-order valence-electron chi connectivity index (χ2n) is 3.55. The maximum atomic E-state index is 8.65. The maximum absolute atomic E-state index is 8.65. The van der Waals surface area contributed by atoms with E-state index in [-0.39, 0.29) is 0 Å². The molecule has 1 heterocycles. The lowest BCUT2D eigenvalue weighted by Gasteiger charge is -2.04. The molecule has 16 heavy (non-hydrogen) atoms. The van der Waals surface area contributed by atoms with Crippen molar-refractivity contribution in [1.29, 1.82) is 5.26 Å². The van der Waals surface area contributed by atoms with Crippen LogP contribution in [0.4, 0.5) is 5.69 Å². The number of nitrogens with two attached hydrogens (primary N) is 1. The number of benzene rings is 1. The summed E-state index contributed by atoms with van der Waals surface area (Å²) in [5, 5.41) is 8.65. The van der Waals surface area contributed by atoms with Crippen LogP contribution < -0.4 is 5.73 Å². The average Bonchev–Trinajstić information content (AvgIpc) is 2.66. The summed E-state index contributed by atoms with van der Waals surface area (Å²) in [6.07, 6.45) is 4.21. The van der Waals surface area contributed by atoms with Gasteiger partial charge >= 0.3 is 0 Å². The number of aromatic nitrogens is 2. The molecular weight excluding hydrogens is 200 g/mol. The van der Waals surface area contributed by atoms with E-state index >= 15 is 0 Å². The number of hydrogen-bond donors (Lipinski definition) is 1. The van der Waals surface area contributed by atoms with Crippen LogP contribution in [0.3, 0.4) is 0 Å². The molecule has 80 valence electrons. The molecule has 0 unspecified atom stereocenters. The van der Waals surface area contributed by atoms with Crippen LogP contribution >= 0.6 is 0 Å². The van der Waals surface area contributed by atoms with Gasteiger partial charge in [-0.2, -0.15) is 5.26 Å². The Balaban J connectivity index is 2.21. The van der Waals surface area contributed by atoms with Gasteiger partial charge in [-0.05, 0) is 17.7 Å². The molecule has 2 aromatic rings. The summed E-state index contributed by atoms with van der Waals surface area (Å²) in [6, 6.07) is 9.80. The Morgan fingerprint density at radius 2 is 2.31 bits per heavy atom. The fourth-order valence-electron chi connectivity index (χ4n) is 1.61. The first-order chi connectivity index (χ1) is 7.79. The quantitative estimate of drug-likeness (QED) is 0.785. The Labute approximate surface area is 94.0 Å². The molecule has 2 N–H and O–H groups in total. The van der Waals surface area contributed by atoms with Crippen molar-refractivity contribution in [3.63, 3.8) is 0 Å². The molecule has 0 spiro atoms. The van der Waals surface area contributed by atoms with Gasteiger partial charge < -0.3 is 10.3 Å². The molecule has 0 aliphatic heterocycles. The Morgan fingerprint density at radius 3 is 3.06 bits per heavy atom. The minimum atomic E-state index is 0.331. The van der Waals surface area contributed by atoms with E-state index in [1.165, 1.54) is 0 Å². The molecule has 0 bridgehead atoms. The molecule has 0 radical (unpaired) electrons. The minimum Gasteiger partial charge on any atom is -0.399 e. The largest absolute Gasteiger partial charge is 0.399 e. The topological polar surface area (TPSA) is 67.6 Å². The van der Waals surface area contributed by atoms with Gasteiger partial charge in [0.15, 0.2) is 0 Å². The van der Waals surface area contributed by atoms with E-state index in [1.54, 1.807) is 6.20 Å². The van der Waals surface area contributed by atoms with Crippen LogP contribution in [-0.2, 0) is 13.0 Å². The summed E-state index contributed by atoms with van der Waals surface area (Å²) in [5.41, 5.74) is 7.55. The second-order valence-corrected chi connectivity index (χ2v) is 3.55. The summed E-state index contributed by atoms with van der Waals surface area (Å²) in [4.78, 5) is 4.23. The lowest BCUT2D eigenvalue weighted by molar-refractivity contribution is 0.765. The summed E-state index contributed by atoms with van der Waals surface area (Å²) in [7, 11) is 0. The number of nitrogens with zero attached hydrogens (tertiary/aromatic N) is 3. The van der Waals surface area contributed by atoms with Crippen molar-refractivity contribution in [2.45, 2.75) is 13.0 Å². The molecular formula is C12H12N4. The van der Waals surface area contributed by atoms with Gasteiger partial charge in [-0.3, -0.25) is 0 Å². The monoisotopic (exact) mass is 212 g/mol. The average molecular weight is 212 g/mol. The first-order valence-electron chi connectivity index (χ1n) is 5.01. The number of hydrogen-bond acceptors (Lipinski definition) is 3. The van der Waals surface area contributed by atoms with Crippen LogP contribution in [-0.4, -0.2) is 9.55 Å². The van der Waals surface area contributed by atoms with Crippen molar-refractivity contribution >= 4 is 5.69 Å². The molecule has 0 amide bonds. The first kappa shape index (κ1) is 10.2. The van der Waals surface area contributed by atoms with E-state index in [9.17, 15) is 0 Å². The van der Waals surface area contributed by atoms with Crippen molar-refractivity contribution < 1.29 is 0 Å². The molecule has 0 saturated carbocycles. The van der Waals surface area contributed by atoms with Crippen LogP contribution in [0.1, 0.15) is 11.4 Å². The lowest BCUT2D eigenvalue weighted by atomic mass is 10.1. The van der Waals surface area contributed by atoms with Crippen LogP contribution in [0.15, 0.2) is 36.7 Å². The second kappa shape index (κ2) is 4.49. The molecule has 4 nitrogen and oxygen atoms in total. The zero-order valence-corrected chi connectivity index (χ0v) is 8.80. The summed E-state index contributed by atoms with van der Waals surface area (Å²) in [5.74, 6) is 0.882. The first-order valence-corrected chi connectivity index (χ1v) is 5.01. The highest BCUT2D eigenvalue weighted by Gasteiger charge is 2.03. The third-order valence-corrected chi connectivity index (χ3v) is 2.36. The molecule has 0 atom stereocenters. The van der Waals surface area contributed by atoms with Gasteiger partial charge in [-0.1, -0.05) is 12.1 Å². The Bertz CT molecular complexity index is 522. The van der Waals surface area contributed by atoms with Gasteiger partial charge in [0.25, 0.3) is 0 Å². The summed E-state index contributed by atoms with van der Waals surface area (Å²) >= 11 is 0. The van der Waals surface area contributed by atoms with E-state index in [4.69, 9.17) is 11.0 Å². The molecule has 1 aromatic carbocycles. The molecule has 0 fully saturated rings. The van der Waals surface area contributed by atoms with E-state index < -0.39 is 0 Å². The molecule has 0 aliphatic carbocycles. The van der Waals surface area contributed by atoms with Gasteiger partial charge in [-0.25, -0.2) is 4.98 Å². The highest BCUT2D eigenvalue weighted by Crippen LogP contribution is 2.11. The lowest BCUT2D eigenvalue weighted by Crippen LogP contribution is -2.02. The van der Waals surface area contributed by atoms with Crippen molar-refractivity contribution in [1.82, 2.24) is 9.55 Å². The van der Waals surface area contributed by atoms with Crippen molar-refractivity contribution in [3.8, 4) is 6.07 Å². The van der Waals surface area contributed by atoms with E-state index in [0.717, 1.165) is 17.1 Å². The SMILES string of the molecule is N#CCn1ccnc1Cc1cccc(N)c1. The number of nitrogen functional groups attached to an aromatic ring is 1. The Kier molecular flexibility index (Phi) is 2.88. The predicted octanol–water partition coefficient (Wildman–Crippen LogP) is 1.58. The summed E-state index contributed by atoms with van der Waals surface area (Å²) in [6.45, 7) is 0.331. The highest BCUT2D eigenvalue weighted by molar-refractivity contribution is 5.41. The number of anilines is 1. The highest BCUT2D eigenvalue weighted by atomic mass is 15.1. The number of imidazole rings is 1. The van der Waals surface area contributed by atoms with Gasteiger partial charge in [0.05, 0.1) is 6.07 Å². The van der Waals surface area contributed by atoms with Gasteiger partial charge in [0.2, 0.25) is 0 Å². The van der Waals surface area contributed by atoms with Gasteiger partial charge in [0, 0.05) is 24.5 Å². The zero-order valence-electron chi connectivity index (χ0n) is 8.80. The molecule has 0 aliphatic rings. The van der Waals surface area contributed by atoms with E-state index in [1.807, 2.05) is 35.0 Å². The zero-order chi connectivity index (χ0) is 11.4. The Morgan fingerprint density at radius 1 is 1.44 bits per heavy atom. The van der Waals surface area contributed by atoms with Crippen LogP contribution in [0.5, 0.6) is 0 Å². The smallest absolute Gasteiger partial charge is 0.113 e. The summed E-state index contributed by atoms with van der Waals surface area (Å²) < 4.78 is 1.84. The normalized spacial score (nSPS) is 9.94. The van der Waals surface area contributed by atoms with E-state index in [0.29, 0.717) is 13.0 Å². The molecule has 4 heteroatoms. The standard InChI is InChI=1S/C12H12N4/c13-4-6-16-7-5-15-12(16)9-10-2-1-3-11(14)8-10/h1-3,5,7-8H,6,9,14H2. The van der Waals surface area contributed by atoms with Crippen LogP contribution in [0.25, 0.3) is 0 Å². The molecule has 2 rings (SSSR count). The number of nitriles is 1. The maximum Gasteiger partial charge on any atom is 0.113 e. The van der Waals surface area contributed by atoms with Crippen LogP contribution in [0.2, 0.25) is 0 Å². The fraction of sp³-hybridized carbons (Fsp3) is 0.167. The van der Waals surface area contributed by atoms with Crippen LogP contribution in [0, 0.1) is 11.3 Å². The Hall–Kier alpha value is -2.28. The third-order valence-electron chi connectivity index (χ3n) is 2.36. The van der Waals surface area contributed by atoms with Gasteiger partial charge in [-0.15, -0.1) is 0 Å². The van der Waals surface area contributed by atoms with Gasteiger partial charge in [0.1, 0.15) is 12.4 Å². The fourth-order valence-corrected chi connectivity index (χ4v) is 1.61. The molecule has 0 saturated heterocycles. The van der Waals surface area contributed by atoms with E-state index in [2.05, 4.69) is 11.1 Å². The molecule has 1 aromatic heterocycles. The minimum absolute atomic E-state index is 0.331. The van der Waals surface area contributed by atoms with Crippen molar-refractivity contribution in [3.05, 3.63) is 48.0 Å². The van der Waals surface area contributed by atoms with Crippen molar-refractivity contribution in [2.24, 2.45) is 0 Å². The third kappa shape index (κ3) is 2.20. The van der Waals surface area contributed by atoms with Crippen molar-refractivity contribution in [2.75, 3.05) is 5.73 Å². The number of rotatable bonds is 3. The predicted molar refractivity (Wildman–Crippen MR) is 61.5 cm³/mol.